The molecule has 0 aliphatic rings. The Bertz CT molecular complexity index is 2240. The molecule has 91 heavy (non-hydrogen) atoms. The molecule has 518 valence electrons. The molecule has 0 aromatic rings. The van der Waals surface area contributed by atoms with Crippen LogP contribution in [-0.2, 0) is 55.8 Å². The van der Waals surface area contributed by atoms with Crippen LogP contribution >= 0.6 is 15.6 Å². The van der Waals surface area contributed by atoms with Crippen molar-refractivity contribution in [3.05, 3.63) is 146 Å². The number of phosphoric ester groups is 2. The van der Waals surface area contributed by atoms with Crippen molar-refractivity contribution in [3.63, 3.8) is 0 Å². The first-order valence-electron chi connectivity index (χ1n) is 34.1. The number of hydrogen-bond donors (Lipinski definition) is 4. The first-order chi connectivity index (χ1) is 44.2. The third kappa shape index (κ3) is 66.7. The molecule has 5 unspecified atom stereocenters. The number of aliphatic hydroxyl groups is 2. The fraction of sp³-hybridized carbons (Fsp3) is 0.630. The van der Waals surface area contributed by atoms with Crippen LogP contribution in [-0.4, -0.2) is 95.9 Å². The van der Waals surface area contributed by atoms with Gasteiger partial charge in [-0.3, -0.25) is 32.5 Å². The van der Waals surface area contributed by atoms with E-state index in [2.05, 4.69) is 167 Å². The van der Waals surface area contributed by atoms with Crippen LogP contribution in [0.4, 0.5) is 0 Å². The first-order valence-corrected chi connectivity index (χ1v) is 37.1. The Morgan fingerprint density at radius 3 is 0.890 bits per heavy atom. The monoisotopic (exact) mass is 1310 g/mol. The zero-order valence-corrected chi connectivity index (χ0v) is 57.7. The summed E-state index contributed by atoms with van der Waals surface area (Å²) in [5, 5.41) is 20.5. The largest absolute Gasteiger partial charge is 0.472 e. The Balaban J connectivity index is 4.74. The van der Waals surface area contributed by atoms with Gasteiger partial charge in [0.25, 0.3) is 0 Å². The van der Waals surface area contributed by atoms with Gasteiger partial charge in [0.05, 0.1) is 26.4 Å². The van der Waals surface area contributed by atoms with Gasteiger partial charge in [-0.15, -0.1) is 0 Å². The second kappa shape index (κ2) is 65.5. The van der Waals surface area contributed by atoms with Gasteiger partial charge >= 0.3 is 33.6 Å². The summed E-state index contributed by atoms with van der Waals surface area (Å²) in [5.74, 6) is -1.65. The molecule has 18 heteroatoms. The van der Waals surface area contributed by atoms with Gasteiger partial charge in [-0.05, 0) is 135 Å². The van der Waals surface area contributed by atoms with E-state index >= 15 is 0 Å². The van der Waals surface area contributed by atoms with E-state index in [0.717, 1.165) is 180 Å². The fourth-order valence-electron chi connectivity index (χ4n) is 8.42. The van der Waals surface area contributed by atoms with Crippen LogP contribution in [0.5, 0.6) is 0 Å². The highest BCUT2D eigenvalue weighted by atomic mass is 31.2. The molecule has 0 aromatic carbocycles. The molecule has 0 saturated heterocycles. The van der Waals surface area contributed by atoms with E-state index in [-0.39, 0.29) is 19.3 Å². The number of allylic oxidation sites excluding steroid dienone is 24. The van der Waals surface area contributed by atoms with Crippen LogP contribution in [0.3, 0.4) is 0 Å². The van der Waals surface area contributed by atoms with Crippen LogP contribution in [0.1, 0.15) is 239 Å². The molecular weight excluding hydrogens is 1190 g/mol. The summed E-state index contributed by atoms with van der Waals surface area (Å²) < 4.78 is 60.9. The van der Waals surface area contributed by atoms with E-state index in [4.69, 9.17) is 32.3 Å². The lowest BCUT2D eigenvalue weighted by molar-refractivity contribution is -0.161. The Kier molecular flexibility index (Phi) is 62.2. The summed E-state index contributed by atoms with van der Waals surface area (Å²) in [6, 6.07) is 0. The Morgan fingerprint density at radius 2 is 0.549 bits per heavy atom. The van der Waals surface area contributed by atoms with Gasteiger partial charge in [-0.2, -0.15) is 0 Å². The van der Waals surface area contributed by atoms with Crippen LogP contribution in [0, 0.1) is 0 Å². The lowest BCUT2D eigenvalue weighted by atomic mass is 10.1. The number of hydrogen-bond acceptors (Lipinski definition) is 14. The van der Waals surface area contributed by atoms with Crippen molar-refractivity contribution in [2.24, 2.45) is 0 Å². The normalized spacial score (nSPS) is 15.1. The molecule has 0 radical (unpaired) electrons. The molecule has 0 bridgehead atoms. The molecule has 4 N–H and O–H groups in total. The van der Waals surface area contributed by atoms with Crippen molar-refractivity contribution < 1.29 is 75.8 Å². The van der Waals surface area contributed by atoms with E-state index < -0.39 is 91.5 Å². The number of carbonyl (C=O) groups excluding carboxylic acids is 3. The number of ether oxygens (including phenoxy) is 3. The standard InChI is InChI=1S/C73H120O16P2/c1-4-7-10-13-16-19-22-25-28-31-32-33-34-37-39-41-44-47-50-53-56-59-71(76)83-62-68(74)63-85-90(79,80)86-64-69(75)65-87-91(81,82)88-67-70(89-73(78)61-58-55-52-49-46-43-40-36-30-27-24-21-18-15-12-9-6-3)66-84-72(77)60-57-54-51-48-45-42-38-35-29-26-23-20-17-14-11-8-5-2/h7-12,16-21,25-30,32-33,37,39,44,47,68-70,74-75H,4-6,13-15,22-24,31,34-36,38,40-43,45-46,48-67H2,1-3H3,(H,79,80)(H,81,82)/b10-7-,11-8-,12-9-,19-16-,20-17-,21-18-,28-25-,29-26-,30-27-,33-32-,39-37-,47-44-. The minimum atomic E-state index is -4.94. The summed E-state index contributed by atoms with van der Waals surface area (Å²) in [5.41, 5.74) is 0. The zero-order valence-electron chi connectivity index (χ0n) is 56.0. The van der Waals surface area contributed by atoms with Crippen molar-refractivity contribution in [3.8, 4) is 0 Å². The summed E-state index contributed by atoms with van der Waals surface area (Å²) in [6.07, 6.45) is 77.5. The van der Waals surface area contributed by atoms with Crippen LogP contribution in [0.15, 0.2) is 146 Å². The maximum atomic E-state index is 12.9. The quantitative estimate of drug-likeness (QED) is 0.0146. The fourth-order valence-corrected chi connectivity index (χ4v) is 10.0. The summed E-state index contributed by atoms with van der Waals surface area (Å²) >= 11 is 0. The molecule has 16 nitrogen and oxygen atoms in total. The van der Waals surface area contributed by atoms with Crippen molar-refractivity contribution in [2.75, 3.05) is 39.6 Å². The van der Waals surface area contributed by atoms with Gasteiger partial charge in [0.15, 0.2) is 6.10 Å². The van der Waals surface area contributed by atoms with Crippen LogP contribution in [0.2, 0.25) is 0 Å². The second-order valence-corrected chi connectivity index (χ2v) is 25.1. The number of rotatable bonds is 63. The average Bonchev–Trinajstić information content (AvgIpc) is 3.74. The predicted molar refractivity (Wildman–Crippen MR) is 371 cm³/mol. The van der Waals surface area contributed by atoms with Gasteiger partial charge < -0.3 is 34.2 Å². The second-order valence-electron chi connectivity index (χ2n) is 22.2. The van der Waals surface area contributed by atoms with Crippen molar-refractivity contribution in [2.45, 2.75) is 257 Å². The average molecular weight is 1320 g/mol. The molecule has 0 fully saturated rings. The molecule has 5 atom stereocenters. The SMILES string of the molecule is CC/C=C\C/C=C\C/C=C\C/C=C\C/C=C\C/C=C\CCCCC(=O)OCC(O)COP(=O)(O)OCC(O)COP(=O)(O)OCC(COC(=O)CCCCCCCCC/C=C\C/C=C\C/C=C\CC)OC(=O)CCCCCCCCC/C=C\C/C=C\C/C=C\CC. The van der Waals surface area contributed by atoms with E-state index in [1.54, 1.807) is 0 Å². The van der Waals surface area contributed by atoms with E-state index in [9.17, 15) is 43.5 Å². The highest BCUT2D eigenvalue weighted by Gasteiger charge is 2.29. The van der Waals surface area contributed by atoms with Crippen LogP contribution < -0.4 is 0 Å². The number of phosphoric acid groups is 2. The lowest BCUT2D eigenvalue weighted by Gasteiger charge is -2.21. The third-order valence-corrected chi connectivity index (χ3v) is 15.4. The number of esters is 3. The summed E-state index contributed by atoms with van der Waals surface area (Å²) in [4.78, 5) is 58.4. The van der Waals surface area contributed by atoms with Crippen molar-refractivity contribution in [1.82, 2.24) is 0 Å². The molecule has 0 amide bonds. The van der Waals surface area contributed by atoms with Gasteiger partial charge in [-0.1, -0.05) is 231 Å². The maximum Gasteiger partial charge on any atom is 0.472 e. The lowest BCUT2D eigenvalue weighted by Crippen LogP contribution is -2.30. The topological polar surface area (TPSA) is 231 Å². The molecule has 0 rings (SSSR count). The molecule has 0 aromatic heterocycles. The highest BCUT2D eigenvalue weighted by molar-refractivity contribution is 7.47. The van der Waals surface area contributed by atoms with Crippen molar-refractivity contribution >= 4 is 33.6 Å². The minimum absolute atomic E-state index is 0.0853. The number of aliphatic hydroxyl groups excluding tert-OH is 2. The van der Waals surface area contributed by atoms with Gasteiger partial charge in [-0.25, -0.2) is 9.13 Å². The third-order valence-electron chi connectivity index (χ3n) is 13.5. The predicted octanol–water partition coefficient (Wildman–Crippen LogP) is 19.0. The van der Waals surface area contributed by atoms with E-state index in [0.29, 0.717) is 19.3 Å². The van der Waals surface area contributed by atoms with Crippen LogP contribution in [0.25, 0.3) is 0 Å². The minimum Gasteiger partial charge on any atom is -0.463 e. The Morgan fingerprint density at radius 1 is 0.308 bits per heavy atom. The smallest absolute Gasteiger partial charge is 0.463 e. The molecule has 0 heterocycles. The molecular formula is C73H120O16P2. The number of carbonyl (C=O) groups is 3. The van der Waals surface area contributed by atoms with E-state index in [1.165, 1.54) is 0 Å². The molecule has 0 aliphatic heterocycles. The highest BCUT2D eigenvalue weighted by Crippen LogP contribution is 2.45. The summed E-state index contributed by atoms with van der Waals surface area (Å²) in [6.45, 7) is 2.24. The molecule has 0 spiro atoms. The first kappa shape index (κ1) is 86.4. The zero-order chi connectivity index (χ0) is 66.7. The molecule has 0 saturated carbocycles. The van der Waals surface area contributed by atoms with Gasteiger partial charge in [0.2, 0.25) is 0 Å². The Hall–Kier alpha value is -4.57. The maximum absolute atomic E-state index is 12.9. The van der Waals surface area contributed by atoms with E-state index in [1.807, 2.05) is 0 Å². The van der Waals surface area contributed by atoms with Gasteiger partial charge in [0.1, 0.15) is 25.4 Å². The number of unbranched alkanes of at least 4 members (excludes halogenated alkanes) is 16. The summed E-state index contributed by atoms with van der Waals surface area (Å²) in [7, 11) is -9.81. The Labute approximate surface area is 549 Å². The van der Waals surface area contributed by atoms with Crippen molar-refractivity contribution in [1.29, 1.82) is 0 Å². The van der Waals surface area contributed by atoms with Gasteiger partial charge in [0, 0.05) is 19.3 Å². The molecule has 0 aliphatic carbocycles.